The summed E-state index contributed by atoms with van der Waals surface area (Å²) in [6.07, 6.45) is 4.71. The number of aromatic hydroxyl groups is 1. The first-order valence-corrected chi connectivity index (χ1v) is 8.45. The molecule has 0 saturated carbocycles. The second-order valence-electron chi connectivity index (χ2n) is 7.10. The lowest BCUT2D eigenvalue weighted by Crippen LogP contribution is -2.52. The number of aliphatic hydroxyl groups is 1. The number of fused-ring (bicyclic) bond motifs is 3. The third kappa shape index (κ3) is 2.36. The number of benzene rings is 1. The van der Waals surface area contributed by atoms with Gasteiger partial charge in [0.05, 0.1) is 0 Å². The van der Waals surface area contributed by atoms with Crippen LogP contribution in [0.25, 0.3) is 0 Å². The van der Waals surface area contributed by atoms with E-state index in [0.717, 1.165) is 24.9 Å². The highest BCUT2D eigenvalue weighted by Crippen LogP contribution is 2.57. The van der Waals surface area contributed by atoms with Gasteiger partial charge < -0.3 is 19.8 Å². The minimum atomic E-state index is -0.648. The van der Waals surface area contributed by atoms with Crippen molar-refractivity contribution in [1.82, 2.24) is 4.90 Å². The van der Waals surface area contributed by atoms with E-state index in [1.165, 1.54) is 5.56 Å². The molecule has 1 heterocycles. The Balaban J connectivity index is 2.20. The molecule has 2 aliphatic rings. The standard InChI is InChI=1S/C19H27NO3/c1-5-13-7-9-14(21)17-16(13)19(10-11-20(3)4)12(2)6-8-15(22)18(19)23-17/h6-9,12,15,18,21-22H,5,10-11H2,1-4H3. The van der Waals surface area contributed by atoms with Crippen molar-refractivity contribution in [3.63, 3.8) is 0 Å². The molecule has 4 heteroatoms. The van der Waals surface area contributed by atoms with Gasteiger partial charge in [-0.25, -0.2) is 0 Å². The molecule has 0 saturated heterocycles. The molecule has 126 valence electrons. The lowest BCUT2D eigenvalue weighted by molar-refractivity contribution is 0.00329. The monoisotopic (exact) mass is 317 g/mol. The molecule has 0 fully saturated rings. The third-order valence-corrected chi connectivity index (χ3v) is 5.51. The van der Waals surface area contributed by atoms with Gasteiger partial charge in [-0.1, -0.05) is 32.1 Å². The van der Waals surface area contributed by atoms with E-state index in [-0.39, 0.29) is 23.2 Å². The van der Waals surface area contributed by atoms with Gasteiger partial charge in [-0.05, 0) is 51.0 Å². The lowest BCUT2D eigenvalue weighted by atomic mass is 9.61. The number of hydrogen-bond acceptors (Lipinski definition) is 4. The average molecular weight is 317 g/mol. The van der Waals surface area contributed by atoms with Crippen molar-refractivity contribution in [2.45, 2.75) is 44.3 Å². The van der Waals surface area contributed by atoms with Crippen LogP contribution in [0.5, 0.6) is 11.5 Å². The van der Waals surface area contributed by atoms with E-state index in [0.29, 0.717) is 5.75 Å². The molecular weight excluding hydrogens is 290 g/mol. The summed E-state index contributed by atoms with van der Waals surface area (Å²) in [6, 6.07) is 3.70. The summed E-state index contributed by atoms with van der Waals surface area (Å²) in [7, 11) is 4.12. The number of aliphatic hydroxyl groups excluding tert-OH is 1. The van der Waals surface area contributed by atoms with E-state index >= 15 is 0 Å². The fourth-order valence-electron chi connectivity index (χ4n) is 4.23. The maximum atomic E-state index is 10.5. The number of phenols is 1. The van der Waals surface area contributed by atoms with Crippen LogP contribution >= 0.6 is 0 Å². The first-order chi connectivity index (χ1) is 10.9. The summed E-state index contributed by atoms with van der Waals surface area (Å²) < 4.78 is 6.13. The fourth-order valence-corrected chi connectivity index (χ4v) is 4.23. The topological polar surface area (TPSA) is 52.9 Å². The molecule has 0 radical (unpaired) electrons. The molecule has 0 bridgehead atoms. The number of ether oxygens (including phenoxy) is 1. The SMILES string of the molecule is CCc1ccc(O)c2c1C1(CCN(C)C)C(C)C=CC(O)C1O2. The van der Waals surface area contributed by atoms with Crippen molar-refractivity contribution in [2.24, 2.45) is 5.92 Å². The molecule has 0 amide bonds. The molecule has 4 unspecified atom stereocenters. The molecule has 1 aliphatic carbocycles. The van der Waals surface area contributed by atoms with Gasteiger partial charge in [0.15, 0.2) is 11.5 Å². The molecular formula is C19H27NO3. The molecule has 4 nitrogen and oxygen atoms in total. The Hall–Kier alpha value is -1.52. The van der Waals surface area contributed by atoms with Crippen LogP contribution in [-0.2, 0) is 11.8 Å². The molecule has 23 heavy (non-hydrogen) atoms. The predicted octanol–water partition coefficient (Wildman–Crippen LogP) is 2.47. The Kier molecular flexibility index (Phi) is 4.15. The Morgan fingerprint density at radius 3 is 2.65 bits per heavy atom. The van der Waals surface area contributed by atoms with Crippen LogP contribution in [0.1, 0.15) is 31.4 Å². The van der Waals surface area contributed by atoms with Gasteiger partial charge in [-0.2, -0.15) is 0 Å². The summed E-state index contributed by atoms with van der Waals surface area (Å²) >= 11 is 0. The maximum Gasteiger partial charge on any atom is 0.165 e. The van der Waals surface area contributed by atoms with Crippen molar-refractivity contribution in [2.75, 3.05) is 20.6 Å². The smallest absolute Gasteiger partial charge is 0.165 e. The lowest BCUT2D eigenvalue weighted by Gasteiger charge is -2.44. The molecule has 4 atom stereocenters. The zero-order valence-corrected chi connectivity index (χ0v) is 14.4. The van der Waals surface area contributed by atoms with Crippen LogP contribution in [0, 0.1) is 5.92 Å². The highest BCUT2D eigenvalue weighted by molar-refractivity contribution is 5.59. The number of rotatable bonds is 4. The fraction of sp³-hybridized carbons (Fsp3) is 0.579. The van der Waals surface area contributed by atoms with E-state index in [2.05, 4.69) is 38.9 Å². The van der Waals surface area contributed by atoms with Crippen molar-refractivity contribution in [3.8, 4) is 11.5 Å². The zero-order valence-electron chi connectivity index (χ0n) is 14.4. The summed E-state index contributed by atoms with van der Waals surface area (Å²) in [5, 5.41) is 20.9. The predicted molar refractivity (Wildman–Crippen MR) is 91.1 cm³/mol. The van der Waals surface area contributed by atoms with E-state index in [9.17, 15) is 10.2 Å². The van der Waals surface area contributed by atoms with Gasteiger partial charge in [-0.15, -0.1) is 0 Å². The van der Waals surface area contributed by atoms with E-state index < -0.39 is 6.10 Å². The van der Waals surface area contributed by atoms with Crippen molar-refractivity contribution in [3.05, 3.63) is 35.4 Å². The molecule has 1 aromatic carbocycles. The highest BCUT2D eigenvalue weighted by atomic mass is 16.5. The summed E-state index contributed by atoms with van der Waals surface area (Å²) in [5.74, 6) is 0.988. The summed E-state index contributed by atoms with van der Waals surface area (Å²) in [6.45, 7) is 5.22. The largest absolute Gasteiger partial charge is 0.504 e. The first kappa shape index (κ1) is 16.3. The number of allylic oxidation sites excluding steroid dienone is 1. The summed E-state index contributed by atoms with van der Waals surface area (Å²) in [4.78, 5) is 2.16. The van der Waals surface area contributed by atoms with Gasteiger partial charge in [0.2, 0.25) is 0 Å². The second-order valence-corrected chi connectivity index (χ2v) is 7.10. The van der Waals surface area contributed by atoms with Crippen LogP contribution in [-0.4, -0.2) is 48.0 Å². The quantitative estimate of drug-likeness (QED) is 0.838. The molecule has 1 aromatic rings. The molecule has 0 aromatic heterocycles. The van der Waals surface area contributed by atoms with Crippen LogP contribution in [0.4, 0.5) is 0 Å². The number of hydrogen-bond donors (Lipinski definition) is 2. The molecule has 3 rings (SSSR count). The van der Waals surface area contributed by atoms with Gasteiger partial charge >= 0.3 is 0 Å². The van der Waals surface area contributed by atoms with Crippen molar-refractivity contribution in [1.29, 1.82) is 0 Å². The Bertz CT molecular complexity index is 625. The van der Waals surface area contributed by atoms with Gasteiger partial charge in [-0.3, -0.25) is 0 Å². The average Bonchev–Trinajstić information content (AvgIpc) is 2.88. The third-order valence-electron chi connectivity index (χ3n) is 5.51. The molecule has 2 N–H and O–H groups in total. The molecule has 0 spiro atoms. The van der Waals surface area contributed by atoms with Gasteiger partial charge in [0, 0.05) is 11.0 Å². The van der Waals surface area contributed by atoms with E-state index in [1.54, 1.807) is 6.07 Å². The number of aryl methyl sites for hydroxylation is 1. The minimum Gasteiger partial charge on any atom is -0.504 e. The minimum absolute atomic E-state index is 0.176. The van der Waals surface area contributed by atoms with Crippen LogP contribution in [0.3, 0.4) is 0 Å². The summed E-state index contributed by atoms with van der Waals surface area (Å²) in [5.41, 5.74) is 2.01. The number of phenolic OH excluding ortho intramolecular Hbond substituents is 1. The van der Waals surface area contributed by atoms with Crippen LogP contribution in [0.15, 0.2) is 24.3 Å². The highest BCUT2D eigenvalue weighted by Gasteiger charge is 2.57. The van der Waals surface area contributed by atoms with Gasteiger partial charge in [0.1, 0.15) is 12.2 Å². The van der Waals surface area contributed by atoms with E-state index in [1.807, 2.05) is 12.1 Å². The normalized spacial score (nSPS) is 31.8. The van der Waals surface area contributed by atoms with E-state index in [4.69, 9.17) is 4.74 Å². The van der Waals surface area contributed by atoms with Crippen molar-refractivity contribution < 1.29 is 14.9 Å². The van der Waals surface area contributed by atoms with Gasteiger partial charge in [0.25, 0.3) is 0 Å². The van der Waals surface area contributed by atoms with Crippen molar-refractivity contribution >= 4 is 0 Å². The van der Waals surface area contributed by atoms with Crippen LogP contribution < -0.4 is 4.74 Å². The second kappa shape index (κ2) is 5.84. The Morgan fingerprint density at radius 2 is 2.00 bits per heavy atom. The Labute approximate surface area is 138 Å². The maximum absolute atomic E-state index is 10.5. The number of nitrogens with zero attached hydrogens (tertiary/aromatic N) is 1. The van der Waals surface area contributed by atoms with Crippen LogP contribution in [0.2, 0.25) is 0 Å². The Morgan fingerprint density at radius 1 is 1.26 bits per heavy atom. The zero-order chi connectivity index (χ0) is 16.8. The molecule has 1 aliphatic heterocycles. The first-order valence-electron chi connectivity index (χ1n) is 8.45.